The lowest BCUT2D eigenvalue weighted by Crippen LogP contribution is -2.23. The maximum atomic E-state index is 13.1. The first-order valence-electron chi connectivity index (χ1n) is 8.71. The van der Waals surface area contributed by atoms with E-state index in [0.29, 0.717) is 10.8 Å². The van der Waals surface area contributed by atoms with Crippen LogP contribution in [0.5, 0.6) is 0 Å². The second kappa shape index (κ2) is 8.71. The highest BCUT2D eigenvalue weighted by Crippen LogP contribution is 2.32. The zero-order valence-corrected chi connectivity index (χ0v) is 17.6. The van der Waals surface area contributed by atoms with E-state index in [-0.39, 0.29) is 23.1 Å². The number of carbonyl (C=O) groups is 2. The molecule has 0 unspecified atom stereocenters. The lowest BCUT2D eigenvalue weighted by Gasteiger charge is -2.20. The van der Waals surface area contributed by atoms with Crippen LogP contribution in [0.2, 0.25) is 5.02 Å². The third-order valence-electron chi connectivity index (χ3n) is 4.14. The number of hydrogen-bond acceptors (Lipinski definition) is 5. The number of halogens is 2. The van der Waals surface area contributed by atoms with Gasteiger partial charge in [0.05, 0.1) is 22.0 Å². The van der Waals surface area contributed by atoms with Gasteiger partial charge >= 0.3 is 5.97 Å². The van der Waals surface area contributed by atoms with Gasteiger partial charge in [-0.1, -0.05) is 29.3 Å². The molecule has 0 N–H and O–H groups in total. The van der Waals surface area contributed by atoms with Crippen molar-refractivity contribution in [3.8, 4) is 0 Å². The van der Waals surface area contributed by atoms with Crippen LogP contribution >= 0.6 is 22.9 Å². The van der Waals surface area contributed by atoms with Crippen molar-refractivity contribution in [2.45, 2.75) is 27.4 Å². The number of ether oxygens (including phenoxy) is 1. The number of aromatic nitrogens is 1. The van der Waals surface area contributed by atoms with E-state index in [2.05, 4.69) is 4.98 Å². The summed E-state index contributed by atoms with van der Waals surface area (Å²) in [6, 6.07) is 9.26. The molecule has 2 aromatic carbocycles. The van der Waals surface area contributed by atoms with Crippen molar-refractivity contribution in [2.75, 3.05) is 4.90 Å². The van der Waals surface area contributed by atoms with E-state index in [0.717, 1.165) is 28.9 Å². The molecule has 1 heterocycles. The lowest BCUT2D eigenvalue weighted by molar-refractivity contribution is -0.115. The average Bonchev–Trinajstić information content (AvgIpc) is 3.10. The van der Waals surface area contributed by atoms with Crippen LogP contribution in [-0.4, -0.2) is 16.9 Å². The Hall–Kier alpha value is -2.77. The summed E-state index contributed by atoms with van der Waals surface area (Å²) in [6.07, 6.45) is 0. The van der Waals surface area contributed by atoms with Gasteiger partial charge in [0.15, 0.2) is 5.13 Å². The molecular weight excluding hydrogens is 415 g/mol. The van der Waals surface area contributed by atoms with Gasteiger partial charge in [0, 0.05) is 12.3 Å². The van der Waals surface area contributed by atoms with Crippen LogP contribution < -0.4 is 4.90 Å². The van der Waals surface area contributed by atoms with E-state index in [4.69, 9.17) is 16.3 Å². The number of rotatable bonds is 5. The average molecular weight is 433 g/mol. The molecule has 0 aliphatic carbocycles. The van der Waals surface area contributed by atoms with Crippen LogP contribution in [-0.2, 0) is 16.1 Å². The largest absolute Gasteiger partial charge is 0.456 e. The Kier molecular flexibility index (Phi) is 6.30. The fraction of sp³-hybridized carbons (Fsp3) is 0.190. The SMILES string of the molecule is CC(=O)N(c1nc(COC(=O)c2ccc(F)cc2Cl)cs1)c1ccc(C)cc1C. The zero-order valence-electron chi connectivity index (χ0n) is 16.0. The maximum Gasteiger partial charge on any atom is 0.340 e. The standard InChI is InChI=1S/C21H18ClFN2O3S/c1-12-4-7-19(13(2)8-12)25(14(3)26)21-24-16(11-29-21)10-28-20(27)17-6-5-15(23)9-18(17)22/h4-9,11H,10H2,1-3H3. The number of carbonyl (C=O) groups excluding carboxylic acids is 2. The summed E-state index contributed by atoms with van der Waals surface area (Å²) in [6.45, 7) is 5.29. The second-order valence-corrected chi connectivity index (χ2v) is 7.71. The zero-order chi connectivity index (χ0) is 21.1. The van der Waals surface area contributed by atoms with E-state index in [1.54, 1.807) is 5.38 Å². The van der Waals surface area contributed by atoms with Crippen LogP contribution in [0.4, 0.5) is 15.2 Å². The quantitative estimate of drug-likeness (QED) is 0.493. The number of esters is 1. The summed E-state index contributed by atoms with van der Waals surface area (Å²) in [5, 5.41) is 2.18. The van der Waals surface area contributed by atoms with Crippen molar-refractivity contribution in [3.63, 3.8) is 0 Å². The molecule has 8 heteroatoms. The predicted molar refractivity (Wildman–Crippen MR) is 111 cm³/mol. The van der Waals surface area contributed by atoms with Crippen molar-refractivity contribution in [1.29, 1.82) is 0 Å². The number of amides is 1. The molecule has 0 atom stereocenters. The Morgan fingerprint density at radius 3 is 2.62 bits per heavy atom. The van der Waals surface area contributed by atoms with Gasteiger partial charge in [-0.3, -0.25) is 9.69 Å². The summed E-state index contributed by atoms with van der Waals surface area (Å²) in [5.41, 5.74) is 3.37. The normalized spacial score (nSPS) is 10.7. The molecule has 0 spiro atoms. The van der Waals surface area contributed by atoms with Crippen LogP contribution in [0, 0.1) is 19.7 Å². The molecule has 3 aromatic rings. The molecule has 0 saturated carbocycles. The molecule has 0 saturated heterocycles. The third-order valence-corrected chi connectivity index (χ3v) is 5.33. The van der Waals surface area contributed by atoms with Crippen LogP contribution in [0.1, 0.15) is 34.1 Å². The molecule has 1 amide bonds. The van der Waals surface area contributed by atoms with Gasteiger partial charge in [0.2, 0.25) is 5.91 Å². The molecule has 29 heavy (non-hydrogen) atoms. The summed E-state index contributed by atoms with van der Waals surface area (Å²) < 4.78 is 18.3. The first-order valence-corrected chi connectivity index (χ1v) is 9.96. The molecule has 150 valence electrons. The van der Waals surface area contributed by atoms with Gasteiger partial charge in [-0.25, -0.2) is 14.2 Å². The minimum Gasteiger partial charge on any atom is -0.456 e. The van der Waals surface area contributed by atoms with Crippen molar-refractivity contribution in [2.24, 2.45) is 0 Å². The Bertz CT molecular complexity index is 1080. The van der Waals surface area contributed by atoms with Crippen molar-refractivity contribution in [3.05, 3.63) is 75.0 Å². The van der Waals surface area contributed by atoms with E-state index >= 15 is 0 Å². The molecule has 0 aliphatic rings. The number of aryl methyl sites for hydroxylation is 2. The molecule has 0 radical (unpaired) electrons. The van der Waals surface area contributed by atoms with Gasteiger partial charge in [0.25, 0.3) is 0 Å². The summed E-state index contributed by atoms with van der Waals surface area (Å²) in [5.74, 6) is -1.39. The smallest absolute Gasteiger partial charge is 0.340 e. The Morgan fingerprint density at radius 2 is 1.97 bits per heavy atom. The van der Waals surface area contributed by atoms with E-state index in [1.807, 2.05) is 32.0 Å². The number of nitrogens with zero attached hydrogens (tertiary/aromatic N) is 2. The monoisotopic (exact) mass is 432 g/mol. The molecule has 5 nitrogen and oxygen atoms in total. The van der Waals surface area contributed by atoms with Crippen LogP contribution in [0.15, 0.2) is 41.8 Å². The second-order valence-electron chi connectivity index (χ2n) is 6.47. The fourth-order valence-corrected chi connectivity index (χ4v) is 3.91. The summed E-state index contributed by atoms with van der Waals surface area (Å²) in [4.78, 5) is 30.4. The fourth-order valence-electron chi connectivity index (χ4n) is 2.80. The van der Waals surface area contributed by atoms with E-state index in [9.17, 15) is 14.0 Å². The maximum absolute atomic E-state index is 13.1. The van der Waals surface area contributed by atoms with E-state index < -0.39 is 11.8 Å². The summed E-state index contributed by atoms with van der Waals surface area (Å²) in [7, 11) is 0. The Morgan fingerprint density at radius 1 is 1.21 bits per heavy atom. The highest BCUT2D eigenvalue weighted by atomic mass is 35.5. The highest BCUT2D eigenvalue weighted by molar-refractivity contribution is 7.14. The minimum atomic E-state index is -0.678. The lowest BCUT2D eigenvalue weighted by atomic mass is 10.1. The topological polar surface area (TPSA) is 59.5 Å². The van der Waals surface area contributed by atoms with Crippen molar-refractivity contribution >= 4 is 45.6 Å². The minimum absolute atomic E-state index is 0.0217. The van der Waals surface area contributed by atoms with Gasteiger partial charge in [0.1, 0.15) is 12.4 Å². The number of thiazole rings is 1. The van der Waals surface area contributed by atoms with Crippen molar-refractivity contribution in [1.82, 2.24) is 4.98 Å². The highest BCUT2D eigenvalue weighted by Gasteiger charge is 2.20. The first kappa shape index (κ1) is 21.0. The number of benzene rings is 2. The first-order chi connectivity index (χ1) is 13.8. The molecule has 1 aromatic heterocycles. The van der Waals surface area contributed by atoms with Crippen LogP contribution in [0.25, 0.3) is 0 Å². The summed E-state index contributed by atoms with van der Waals surface area (Å²) >= 11 is 7.16. The van der Waals surface area contributed by atoms with Gasteiger partial charge in [-0.15, -0.1) is 11.3 Å². The van der Waals surface area contributed by atoms with Crippen molar-refractivity contribution < 1.29 is 18.7 Å². The Balaban J connectivity index is 1.76. The van der Waals surface area contributed by atoms with Gasteiger partial charge in [-0.05, 0) is 43.7 Å². The predicted octanol–water partition coefficient (Wildman–Crippen LogP) is 5.59. The molecule has 0 bridgehead atoms. The molecular formula is C21H18ClFN2O3S. The molecule has 3 rings (SSSR count). The number of hydrogen-bond donors (Lipinski definition) is 0. The third kappa shape index (κ3) is 4.81. The van der Waals surface area contributed by atoms with E-state index in [1.165, 1.54) is 29.2 Å². The Labute approximate surface area is 176 Å². The number of anilines is 2. The van der Waals surface area contributed by atoms with Gasteiger partial charge in [-0.2, -0.15) is 0 Å². The van der Waals surface area contributed by atoms with Gasteiger partial charge < -0.3 is 4.74 Å². The van der Waals surface area contributed by atoms with Crippen LogP contribution in [0.3, 0.4) is 0 Å². The molecule has 0 aliphatic heterocycles. The molecule has 0 fully saturated rings.